The van der Waals surface area contributed by atoms with Crippen molar-refractivity contribution in [1.82, 2.24) is 5.32 Å². The van der Waals surface area contributed by atoms with Crippen molar-refractivity contribution < 1.29 is 9.90 Å². The number of benzene rings is 1. The minimum atomic E-state index is -0.0878. The molecule has 2 rings (SSSR count). The molecule has 104 valence electrons. The summed E-state index contributed by atoms with van der Waals surface area (Å²) >= 11 is 0. The summed E-state index contributed by atoms with van der Waals surface area (Å²) in [5, 5.41) is 12.4. The second-order valence-electron chi connectivity index (χ2n) is 5.33. The third kappa shape index (κ3) is 3.07. The molecule has 0 aliphatic heterocycles. The van der Waals surface area contributed by atoms with Crippen LogP contribution in [0.25, 0.3) is 0 Å². The standard InChI is InChI=1S/C15H22N2O2/c1-10-12(6-4-7-13(10)16)15(19)17-14-8-3-2-5-11(14)9-18/h4,6-7,11,14,18H,2-3,5,8-9,16H2,1H3,(H,17,19)/t11-,14-/m1/s1. The van der Waals surface area contributed by atoms with Gasteiger partial charge in [0.1, 0.15) is 0 Å². The average Bonchev–Trinajstić information content (AvgIpc) is 2.42. The fourth-order valence-electron chi connectivity index (χ4n) is 2.76. The molecule has 0 bridgehead atoms. The van der Waals surface area contributed by atoms with Crippen LogP contribution in [0.15, 0.2) is 18.2 Å². The molecule has 4 N–H and O–H groups in total. The molecule has 0 radical (unpaired) electrons. The summed E-state index contributed by atoms with van der Waals surface area (Å²) in [7, 11) is 0. The molecule has 1 aromatic carbocycles. The molecule has 0 saturated heterocycles. The first-order valence-corrected chi connectivity index (χ1v) is 6.90. The normalized spacial score (nSPS) is 23.1. The molecule has 1 aliphatic carbocycles. The summed E-state index contributed by atoms with van der Waals surface area (Å²) in [6, 6.07) is 5.45. The van der Waals surface area contributed by atoms with Gasteiger partial charge >= 0.3 is 0 Å². The van der Waals surface area contributed by atoms with Gasteiger partial charge < -0.3 is 16.2 Å². The molecule has 1 aliphatic rings. The van der Waals surface area contributed by atoms with Gasteiger partial charge in [0, 0.05) is 29.8 Å². The number of nitrogen functional groups attached to an aromatic ring is 1. The maximum absolute atomic E-state index is 12.3. The van der Waals surface area contributed by atoms with Gasteiger partial charge in [-0.25, -0.2) is 0 Å². The van der Waals surface area contributed by atoms with E-state index >= 15 is 0 Å². The lowest BCUT2D eigenvalue weighted by Crippen LogP contribution is -2.43. The zero-order valence-electron chi connectivity index (χ0n) is 11.4. The third-order valence-corrected chi connectivity index (χ3v) is 4.08. The van der Waals surface area contributed by atoms with Gasteiger partial charge in [0.2, 0.25) is 0 Å². The van der Waals surface area contributed by atoms with Gasteiger partial charge in [0.05, 0.1) is 0 Å². The molecule has 2 atom stereocenters. The Morgan fingerprint density at radius 2 is 2.16 bits per heavy atom. The maximum atomic E-state index is 12.3. The lowest BCUT2D eigenvalue weighted by atomic mass is 9.85. The van der Waals surface area contributed by atoms with Gasteiger partial charge in [0.25, 0.3) is 5.91 Å². The number of amides is 1. The first-order chi connectivity index (χ1) is 9.13. The fraction of sp³-hybridized carbons (Fsp3) is 0.533. The van der Waals surface area contributed by atoms with Crippen LogP contribution >= 0.6 is 0 Å². The summed E-state index contributed by atoms with van der Waals surface area (Å²) in [5.74, 6) is 0.0919. The second kappa shape index (κ2) is 6.06. The lowest BCUT2D eigenvalue weighted by molar-refractivity contribution is 0.0872. The molecule has 4 heteroatoms. The fourth-order valence-corrected chi connectivity index (χ4v) is 2.76. The van der Waals surface area contributed by atoms with Crippen LogP contribution in [-0.2, 0) is 0 Å². The van der Waals surface area contributed by atoms with E-state index in [1.54, 1.807) is 18.2 Å². The Bertz CT molecular complexity index is 459. The molecule has 0 aromatic heterocycles. The molecule has 0 unspecified atom stereocenters. The number of carbonyl (C=O) groups is 1. The molecule has 1 saturated carbocycles. The van der Waals surface area contributed by atoms with Crippen LogP contribution in [-0.4, -0.2) is 23.7 Å². The summed E-state index contributed by atoms with van der Waals surface area (Å²) in [6.45, 7) is 2.00. The van der Waals surface area contributed by atoms with E-state index in [2.05, 4.69) is 5.32 Å². The first kappa shape index (κ1) is 13.9. The first-order valence-electron chi connectivity index (χ1n) is 6.90. The number of hydrogen-bond donors (Lipinski definition) is 3. The van der Waals surface area contributed by atoms with Gasteiger partial charge in [-0.3, -0.25) is 4.79 Å². The van der Waals surface area contributed by atoms with Gasteiger partial charge in [-0.1, -0.05) is 18.9 Å². The van der Waals surface area contributed by atoms with Crippen molar-refractivity contribution in [2.75, 3.05) is 12.3 Å². The topological polar surface area (TPSA) is 75.4 Å². The van der Waals surface area contributed by atoms with Crippen LogP contribution in [0, 0.1) is 12.8 Å². The van der Waals surface area contributed by atoms with Crippen LogP contribution in [0.1, 0.15) is 41.6 Å². The van der Waals surface area contributed by atoms with E-state index in [-0.39, 0.29) is 24.5 Å². The number of aliphatic hydroxyl groups excluding tert-OH is 1. The van der Waals surface area contributed by atoms with Gasteiger partial charge in [-0.2, -0.15) is 0 Å². The molecule has 1 fully saturated rings. The smallest absolute Gasteiger partial charge is 0.251 e. The Kier molecular flexibility index (Phi) is 4.43. The van der Waals surface area contributed by atoms with Crippen molar-refractivity contribution >= 4 is 11.6 Å². The number of rotatable bonds is 3. The number of anilines is 1. The Morgan fingerprint density at radius 3 is 2.89 bits per heavy atom. The Labute approximate surface area is 114 Å². The molecule has 0 heterocycles. The quantitative estimate of drug-likeness (QED) is 0.728. The van der Waals surface area contributed by atoms with Crippen LogP contribution in [0.5, 0.6) is 0 Å². The number of hydrogen-bond acceptors (Lipinski definition) is 3. The van der Waals surface area contributed by atoms with E-state index in [9.17, 15) is 9.90 Å². The monoisotopic (exact) mass is 262 g/mol. The van der Waals surface area contributed by atoms with E-state index in [1.807, 2.05) is 6.92 Å². The molecule has 1 aromatic rings. The largest absolute Gasteiger partial charge is 0.398 e. The summed E-state index contributed by atoms with van der Waals surface area (Å²) in [5.41, 5.74) is 7.90. The molecule has 19 heavy (non-hydrogen) atoms. The van der Waals surface area contributed by atoms with E-state index in [1.165, 1.54) is 0 Å². The minimum absolute atomic E-state index is 0.0760. The Hall–Kier alpha value is -1.55. The zero-order chi connectivity index (χ0) is 13.8. The van der Waals surface area contributed by atoms with E-state index in [0.717, 1.165) is 31.2 Å². The highest BCUT2D eigenvalue weighted by atomic mass is 16.3. The van der Waals surface area contributed by atoms with E-state index in [0.29, 0.717) is 11.3 Å². The zero-order valence-corrected chi connectivity index (χ0v) is 11.4. The van der Waals surface area contributed by atoms with Crippen LogP contribution < -0.4 is 11.1 Å². The van der Waals surface area contributed by atoms with Crippen molar-refractivity contribution in [2.24, 2.45) is 5.92 Å². The highest BCUT2D eigenvalue weighted by Crippen LogP contribution is 2.24. The van der Waals surface area contributed by atoms with Crippen LogP contribution in [0.3, 0.4) is 0 Å². The van der Waals surface area contributed by atoms with Gasteiger partial charge in [-0.15, -0.1) is 0 Å². The third-order valence-electron chi connectivity index (χ3n) is 4.08. The molecule has 4 nitrogen and oxygen atoms in total. The number of nitrogens with one attached hydrogen (secondary N) is 1. The van der Waals surface area contributed by atoms with E-state index < -0.39 is 0 Å². The minimum Gasteiger partial charge on any atom is -0.398 e. The van der Waals surface area contributed by atoms with E-state index in [4.69, 9.17) is 5.73 Å². The van der Waals surface area contributed by atoms with Gasteiger partial charge in [0.15, 0.2) is 0 Å². The maximum Gasteiger partial charge on any atom is 0.251 e. The summed E-state index contributed by atoms with van der Waals surface area (Å²) < 4.78 is 0. The van der Waals surface area contributed by atoms with Crippen molar-refractivity contribution in [3.8, 4) is 0 Å². The molecular formula is C15H22N2O2. The lowest BCUT2D eigenvalue weighted by Gasteiger charge is -2.31. The average molecular weight is 262 g/mol. The Morgan fingerprint density at radius 1 is 1.42 bits per heavy atom. The van der Waals surface area contributed by atoms with Crippen molar-refractivity contribution in [3.05, 3.63) is 29.3 Å². The number of nitrogens with two attached hydrogens (primary N) is 1. The van der Waals surface area contributed by atoms with Crippen molar-refractivity contribution in [1.29, 1.82) is 0 Å². The Balaban J connectivity index is 2.09. The predicted molar refractivity (Wildman–Crippen MR) is 75.9 cm³/mol. The van der Waals surface area contributed by atoms with Crippen LogP contribution in [0.4, 0.5) is 5.69 Å². The van der Waals surface area contributed by atoms with Gasteiger partial charge in [-0.05, 0) is 37.5 Å². The highest BCUT2D eigenvalue weighted by Gasteiger charge is 2.26. The predicted octanol–water partition coefficient (Wildman–Crippen LogP) is 1.86. The number of carbonyl (C=O) groups excluding carboxylic acids is 1. The second-order valence-corrected chi connectivity index (χ2v) is 5.33. The number of aliphatic hydroxyl groups is 1. The summed E-state index contributed by atoms with van der Waals surface area (Å²) in [6.07, 6.45) is 4.17. The molecule has 0 spiro atoms. The highest BCUT2D eigenvalue weighted by molar-refractivity contribution is 5.97. The molecule has 1 amide bonds. The van der Waals surface area contributed by atoms with Crippen molar-refractivity contribution in [2.45, 2.75) is 38.6 Å². The van der Waals surface area contributed by atoms with Crippen molar-refractivity contribution in [3.63, 3.8) is 0 Å². The SMILES string of the molecule is Cc1c(N)cccc1C(=O)N[C@@H]1CCCC[C@@H]1CO. The molecular weight excluding hydrogens is 240 g/mol. The van der Waals surface area contributed by atoms with Crippen LogP contribution in [0.2, 0.25) is 0 Å². The summed E-state index contributed by atoms with van der Waals surface area (Å²) in [4.78, 5) is 12.3.